The standard InChI is InChI=1S/C10H13N5OS/c1-3-5-11-9-12-6-4-8(13-9)17-10-15-14-7(2)16-10/h4,6H,3,5H2,1-2H3,(H,11,12,13). The third kappa shape index (κ3) is 3.42. The molecule has 0 aromatic carbocycles. The molecule has 7 heteroatoms. The molecule has 0 saturated carbocycles. The summed E-state index contributed by atoms with van der Waals surface area (Å²) >= 11 is 1.32. The molecule has 0 aliphatic heterocycles. The van der Waals surface area contributed by atoms with Crippen LogP contribution in [0.4, 0.5) is 5.95 Å². The van der Waals surface area contributed by atoms with Crippen LogP contribution >= 0.6 is 11.8 Å². The maximum absolute atomic E-state index is 5.27. The van der Waals surface area contributed by atoms with Gasteiger partial charge >= 0.3 is 0 Å². The van der Waals surface area contributed by atoms with Gasteiger partial charge in [0.05, 0.1) is 0 Å². The second-order valence-corrected chi connectivity index (χ2v) is 4.31. The molecule has 17 heavy (non-hydrogen) atoms. The highest BCUT2D eigenvalue weighted by Gasteiger charge is 2.06. The van der Waals surface area contributed by atoms with Crippen LogP contribution in [0.25, 0.3) is 0 Å². The van der Waals surface area contributed by atoms with E-state index in [4.69, 9.17) is 4.42 Å². The normalized spacial score (nSPS) is 10.5. The summed E-state index contributed by atoms with van der Waals surface area (Å²) < 4.78 is 5.27. The first kappa shape index (κ1) is 11.8. The third-order valence-electron chi connectivity index (χ3n) is 1.86. The highest BCUT2D eigenvalue weighted by Crippen LogP contribution is 2.24. The van der Waals surface area contributed by atoms with Gasteiger partial charge < -0.3 is 9.73 Å². The van der Waals surface area contributed by atoms with Crippen molar-refractivity contribution < 1.29 is 4.42 Å². The van der Waals surface area contributed by atoms with Crippen LogP contribution in [0.3, 0.4) is 0 Å². The van der Waals surface area contributed by atoms with Crippen LogP contribution in [0, 0.1) is 6.92 Å². The van der Waals surface area contributed by atoms with Crippen molar-refractivity contribution in [3.63, 3.8) is 0 Å². The minimum absolute atomic E-state index is 0.489. The van der Waals surface area contributed by atoms with Crippen LogP contribution in [0.5, 0.6) is 0 Å². The van der Waals surface area contributed by atoms with Gasteiger partial charge in [0.15, 0.2) is 0 Å². The van der Waals surface area contributed by atoms with E-state index in [-0.39, 0.29) is 0 Å². The Kier molecular flexibility index (Phi) is 3.92. The van der Waals surface area contributed by atoms with Crippen molar-refractivity contribution in [3.8, 4) is 0 Å². The number of anilines is 1. The first-order valence-electron chi connectivity index (χ1n) is 5.33. The van der Waals surface area contributed by atoms with Crippen LogP contribution < -0.4 is 5.32 Å². The Hall–Kier alpha value is -1.63. The van der Waals surface area contributed by atoms with E-state index in [9.17, 15) is 0 Å². The summed E-state index contributed by atoms with van der Waals surface area (Å²) in [6.45, 7) is 4.70. The molecule has 90 valence electrons. The van der Waals surface area contributed by atoms with Crippen LogP contribution in [0.1, 0.15) is 19.2 Å². The molecule has 0 aliphatic carbocycles. The lowest BCUT2D eigenvalue weighted by Crippen LogP contribution is -2.04. The van der Waals surface area contributed by atoms with E-state index >= 15 is 0 Å². The molecule has 2 heterocycles. The topological polar surface area (TPSA) is 76.7 Å². The summed E-state index contributed by atoms with van der Waals surface area (Å²) in [4.78, 5) is 8.45. The lowest BCUT2D eigenvalue weighted by Gasteiger charge is -2.02. The SMILES string of the molecule is CCCNc1nccc(Sc2nnc(C)o2)n1. The molecule has 2 aromatic rings. The molecule has 0 aliphatic rings. The van der Waals surface area contributed by atoms with Crippen molar-refractivity contribution in [2.75, 3.05) is 11.9 Å². The van der Waals surface area contributed by atoms with Gasteiger partial charge in [-0.3, -0.25) is 0 Å². The van der Waals surface area contributed by atoms with E-state index < -0.39 is 0 Å². The minimum atomic E-state index is 0.489. The van der Waals surface area contributed by atoms with Gasteiger partial charge in [0.25, 0.3) is 5.22 Å². The van der Waals surface area contributed by atoms with Crippen LogP contribution in [0.2, 0.25) is 0 Å². The number of aryl methyl sites for hydroxylation is 1. The molecule has 0 saturated heterocycles. The molecule has 0 radical (unpaired) electrons. The zero-order chi connectivity index (χ0) is 12.1. The molecule has 0 bridgehead atoms. The van der Waals surface area contributed by atoms with Gasteiger partial charge in [-0.1, -0.05) is 6.92 Å². The zero-order valence-corrected chi connectivity index (χ0v) is 10.5. The Bertz CT molecular complexity index is 487. The maximum Gasteiger partial charge on any atom is 0.282 e. The average molecular weight is 251 g/mol. The molecular formula is C10H13N5OS. The molecule has 2 aromatic heterocycles. The second kappa shape index (κ2) is 5.62. The van der Waals surface area contributed by atoms with E-state index in [0.717, 1.165) is 18.0 Å². The summed E-state index contributed by atoms with van der Waals surface area (Å²) in [7, 11) is 0. The monoisotopic (exact) mass is 251 g/mol. The number of nitrogens with one attached hydrogen (secondary N) is 1. The van der Waals surface area contributed by atoms with E-state index in [0.29, 0.717) is 17.1 Å². The van der Waals surface area contributed by atoms with Gasteiger partial charge in [0.1, 0.15) is 5.03 Å². The number of hydrogen-bond acceptors (Lipinski definition) is 7. The number of aromatic nitrogens is 4. The molecule has 0 atom stereocenters. The van der Waals surface area contributed by atoms with Crippen LogP contribution in [-0.4, -0.2) is 26.7 Å². The fourth-order valence-electron chi connectivity index (χ4n) is 1.13. The van der Waals surface area contributed by atoms with Gasteiger partial charge in [0, 0.05) is 19.7 Å². The fourth-order valence-corrected chi connectivity index (χ4v) is 1.81. The third-order valence-corrected chi connectivity index (χ3v) is 2.64. The van der Waals surface area contributed by atoms with Crippen LogP contribution in [-0.2, 0) is 0 Å². The molecule has 2 rings (SSSR count). The second-order valence-electron chi connectivity index (χ2n) is 3.33. The van der Waals surface area contributed by atoms with Crippen molar-refractivity contribution in [2.24, 2.45) is 0 Å². The molecule has 0 fully saturated rings. The van der Waals surface area contributed by atoms with E-state index in [1.54, 1.807) is 19.2 Å². The first-order chi connectivity index (χ1) is 8.28. The average Bonchev–Trinajstić information content (AvgIpc) is 2.73. The predicted octanol–water partition coefficient (Wildman–Crippen LogP) is 2.14. The Morgan fingerprint density at radius 1 is 1.41 bits per heavy atom. The van der Waals surface area contributed by atoms with Crippen molar-refractivity contribution >= 4 is 17.7 Å². The van der Waals surface area contributed by atoms with Crippen LogP contribution in [0.15, 0.2) is 26.9 Å². The first-order valence-corrected chi connectivity index (χ1v) is 6.14. The summed E-state index contributed by atoms with van der Waals surface area (Å²) in [6, 6.07) is 1.81. The lowest BCUT2D eigenvalue weighted by molar-refractivity contribution is 0.429. The summed E-state index contributed by atoms with van der Waals surface area (Å²) in [5.41, 5.74) is 0. The van der Waals surface area contributed by atoms with Crippen molar-refractivity contribution in [2.45, 2.75) is 30.5 Å². The highest BCUT2D eigenvalue weighted by atomic mass is 32.2. The molecule has 0 amide bonds. The lowest BCUT2D eigenvalue weighted by atomic mass is 10.5. The number of hydrogen-bond donors (Lipinski definition) is 1. The molecule has 0 spiro atoms. The van der Waals surface area contributed by atoms with Crippen molar-refractivity contribution in [3.05, 3.63) is 18.2 Å². The summed E-state index contributed by atoms with van der Waals surface area (Å²) in [6.07, 6.45) is 2.74. The summed E-state index contributed by atoms with van der Waals surface area (Å²) in [5, 5.41) is 12.0. The summed E-state index contributed by atoms with van der Waals surface area (Å²) in [5.74, 6) is 1.17. The fraction of sp³-hybridized carbons (Fsp3) is 0.400. The zero-order valence-electron chi connectivity index (χ0n) is 9.67. The number of nitrogens with zero attached hydrogens (tertiary/aromatic N) is 4. The molecule has 0 unspecified atom stereocenters. The minimum Gasteiger partial charge on any atom is -0.416 e. The predicted molar refractivity (Wildman–Crippen MR) is 64.0 cm³/mol. The maximum atomic E-state index is 5.27. The van der Waals surface area contributed by atoms with Gasteiger partial charge in [-0.05, 0) is 24.2 Å². The van der Waals surface area contributed by atoms with E-state index in [2.05, 4.69) is 32.4 Å². The van der Waals surface area contributed by atoms with Gasteiger partial charge in [-0.2, -0.15) is 0 Å². The Morgan fingerprint density at radius 3 is 3.00 bits per heavy atom. The Balaban J connectivity index is 2.05. The number of rotatable bonds is 5. The largest absolute Gasteiger partial charge is 0.416 e. The van der Waals surface area contributed by atoms with Crippen molar-refractivity contribution in [1.29, 1.82) is 0 Å². The van der Waals surface area contributed by atoms with E-state index in [1.807, 2.05) is 0 Å². The smallest absolute Gasteiger partial charge is 0.282 e. The molecule has 1 N–H and O–H groups in total. The Morgan fingerprint density at radius 2 is 2.29 bits per heavy atom. The molecular weight excluding hydrogens is 238 g/mol. The van der Waals surface area contributed by atoms with Gasteiger partial charge in [0.2, 0.25) is 11.8 Å². The van der Waals surface area contributed by atoms with Crippen molar-refractivity contribution in [1.82, 2.24) is 20.2 Å². The quantitative estimate of drug-likeness (QED) is 0.816. The van der Waals surface area contributed by atoms with Gasteiger partial charge in [-0.15, -0.1) is 10.2 Å². The van der Waals surface area contributed by atoms with E-state index in [1.165, 1.54) is 11.8 Å². The Labute approximate surface area is 103 Å². The van der Waals surface area contributed by atoms with Gasteiger partial charge in [-0.25, -0.2) is 9.97 Å². The molecule has 6 nitrogen and oxygen atoms in total. The highest BCUT2D eigenvalue weighted by molar-refractivity contribution is 7.99.